The van der Waals surface area contributed by atoms with E-state index in [4.69, 9.17) is 14.2 Å². The van der Waals surface area contributed by atoms with Crippen molar-refractivity contribution in [2.45, 2.75) is 70.2 Å². The van der Waals surface area contributed by atoms with E-state index in [9.17, 15) is 19.8 Å². The Labute approximate surface area is 158 Å². The Morgan fingerprint density at radius 1 is 1.37 bits per heavy atom. The zero-order valence-electron chi connectivity index (χ0n) is 16.0. The van der Waals surface area contributed by atoms with Gasteiger partial charge in [-0.25, -0.2) is 9.59 Å². The molecule has 7 nitrogen and oxygen atoms in total. The molecule has 2 aliphatic heterocycles. The summed E-state index contributed by atoms with van der Waals surface area (Å²) in [6, 6.07) is 0. The molecule has 4 aliphatic rings. The second-order valence-corrected chi connectivity index (χ2v) is 8.65. The van der Waals surface area contributed by atoms with E-state index in [2.05, 4.69) is 6.58 Å². The van der Waals surface area contributed by atoms with E-state index >= 15 is 0 Å². The fourth-order valence-corrected chi connectivity index (χ4v) is 5.11. The summed E-state index contributed by atoms with van der Waals surface area (Å²) in [5.41, 5.74) is -0.956. The average Bonchev–Trinajstić information content (AvgIpc) is 3.13. The van der Waals surface area contributed by atoms with Crippen molar-refractivity contribution in [2.75, 3.05) is 0 Å². The molecule has 9 unspecified atom stereocenters. The lowest BCUT2D eigenvalue weighted by Gasteiger charge is -2.56. The molecule has 9 atom stereocenters. The van der Waals surface area contributed by atoms with E-state index in [1.165, 1.54) is 0 Å². The first-order chi connectivity index (χ1) is 12.5. The van der Waals surface area contributed by atoms with Crippen LogP contribution < -0.4 is 0 Å². The summed E-state index contributed by atoms with van der Waals surface area (Å²) in [7, 11) is 0. The van der Waals surface area contributed by atoms with E-state index in [1.807, 2.05) is 13.0 Å². The Morgan fingerprint density at radius 2 is 2.00 bits per heavy atom. The second kappa shape index (κ2) is 5.65. The highest BCUT2D eigenvalue weighted by molar-refractivity contribution is 5.91. The molecule has 0 bridgehead atoms. The van der Waals surface area contributed by atoms with E-state index in [-0.39, 0.29) is 17.6 Å². The van der Waals surface area contributed by atoms with Crippen LogP contribution in [0.1, 0.15) is 34.1 Å². The number of aliphatic hydroxyl groups is 2. The van der Waals surface area contributed by atoms with Crippen molar-refractivity contribution in [3.63, 3.8) is 0 Å². The molecular weight excluding hydrogens is 352 g/mol. The number of fused-ring (bicyclic) bond motifs is 3. The predicted octanol–water partition coefficient (Wildman–Crippen LogP) is 0.881. The Kier molecular flexibility index (Phi) is 3.91. The van der Waals surface area contributed by atoms with E-state index in [0.717, 1.165) is 5.57 Å². The third-order valence-electron chi connectivity index (χ3n) is 7.22. The number of carbonyl (C=O) groups excluding carboxylic acids is 2. The maximum absolute atomic E-state index is 12.7. The van der Waals surface area contributed by atoms with E-state index in [0.29, 0.717) is 6.42 Å². The third kappa shape index (κ3) is 2.31. The lowest BCUT2D eigenvalue weighted by molar-refractivity contribution is -0.220. The zero-order chi connectivity index (χ0) is 19.9. The van der Waals surface area contributed by atoms with Crippen molar-refractivity contribution in [3.05, 3.63) is 23.8 Å². The normalized spacial score (nSPS) is 51.0. The second-order valence-electron chi connectivity index (χ2n) is 8.65. The maximum atomic E-state index is 12.7. The van der Waals surface area contributed by atoms with Crippen molar-refractivity contribution < 1.29 is 34.0 Å². The minimum atomic E-state index is -1.18. The molecule has 4 rings (SSSR count). The highest BCUT2D eigenvalue weighted by Crippen LogP contribution is 2.57. The maximum Gasteiger partial charge on any atom is 0.341 e. The van der Waals surface area contributed by atoms with Crippen molar-refractivity contribution in [3.8, 4) is 0 Å². The molecular formula is C20H26O7. The van der Waals surface area contributed by atoms with Gasteiger partial charge in [-0.15, -0.1) is 0 Å². The van der Waals surface area contributed by atoms with Crippen LogP contribution in [-0.4, -0.2) is 58.3 Å². The molecule has 0 spiro atoms. The van der Waals surface area contributed by atoms with Crippen LogP contribution in [0, 0.1) is 17.3 Å². The number of rotatable bonds is 2. The highest BCUT2D eigenvalue weighted by Gasteiger charge is 2.67. The summed E-state index contributed by atoms with van der Waals surface area (Å²) in [5.74, 6) is -2.20. The van der Waals surface area contributed by atoms with Gasteiger partial charge in [0.1, 0.15) is 18.3 Å². The minimum Gasteiger partial charge on any atom is -0.458 e. The molecule has 2 saturated heterocycles. The first kappa shape index (κ1) is 18.7. The van der Waals surface area contributed by atoms with Gasteiger partial charge in [-0.2, -0.15) is 0 Å². The molecule has 2 heterocycles. The van der Waals surface area contributed by atoms with Gasteiger partial charge >= 0.3 is 11.9 Å². The fourth-order valence-electron chi connectivity index (χ4n) is 5.11. The minimum absolute atomic E-state index is 0.182. The molecule has 3 fully saturated rings. The number of carbonyl (C=O) groups is 2. The largest absolute Gasteiger partial charge is 0.458 e. The molecule has 7 heteroatoms. The molecule has 0 amide bonds. The Morgan fingerprint density at radius 3 is 2.59 bits per heavy atom. The quantitative estimate of drug-likeness (QED) is 0.318. The topological polar surface area (TPSA) is 106 Å². The molecule has 0 aromatic rings. The SMILES string of the molecule is C=C1C(=O)OC2C1C(OC(=O)C1(C)OC1C)C(O)C1(C)C(O)CC=C(C)C21. The summed E-state index contributed by atoms with van der Waals surface area (Å²) in [5, 5.41) is 22.0. The van der Waals surface area contributed by atoms with Crippen molar-refractivity contribution in [2.24, 2.45) is 17.3 Å². The Hall–Kier alpha value is -1.70. The van der Waals surface area contributed by atoms with Crippen molar-refractivity contribution in [1.82, 2.24) is 0 Å². The summed E-state index contributed by atoms with van der Waals surface area (Å²) in [6.07, 6.45) is -1.73. The van der Waals surface area contributed by atoms with Crippen LogP contribution in [0.3, 0.4) is 0 Å². The molecule has 1 saturated carbocycles. The molecule has 148 valence electrons. The van der Waals surface area contributed by atoms with Gasteiger partial charge < -0.3 is 24.4 Å². The van der Waals surface area contributed by atoms with Crippen molar-refractivity contribution in [1.29, 1.82) is 0 Å². The number of epoxide rings is 1. The number of hydrogen-bond acceptors (Lipinski definition) is 7. The summed E-state index contributed by atoms with van der Waals surface area (Å²) in [4.78, 5) is 24.9. The zero-order valence-corrected chi connectivity index (χ0v) is 16.0. The summed E-state index contributed by atoms with van der Waals surface area (Å²) >= 11 is 0. The Balaban J connectivity index is 1.75. The number of esters is 2. The van der Waals surface area contributed by atoms with E-state index < -0.39 is 53.3 Å². The van der Waals surface area contributed by atoms with Crippen LogP contribution in [0.5, 0.6) is 0 Å². The molecule has 27 heavy (non-hydrogen) atoms. The van der Waals surface area contributed by atoms with Gasteiger partial charge in [0.2, 0.25) is 0 Å². The number of hydrogen-bond donors (Lipinski definition) is 2. The van der Waals surface area contributed by atoms with Gasteiger partial charge in [-0.05, 0) is 27.2 Å². The smallest absolute Gasteiger partial charge is 0.341 e. The fraction of sp³-hybridized carbons (Fsp3) is 0.700. The number of ether oxygens (including phenoxy) is 3. The average molecular weight is 378 g/mol. The van der Waals surface area contributed by atoms with E-state index in [1.54, 1.807) is 20.8 Å². The van der Waals surface area contributed by atoms with Gasteiger partial charge in [0.05, 0.1) is 18.1 Å². The third-order valence-corrected chi connectivity index (χ3v) is 7.22. The highest BCUT2D eigenvalue weighted by atomic mass is 16.7. The molecule has 0 radical (unpaired) electrons. The molecule has 2 aliphatic carbocycles. The molecule has 0 aromatic heterocycles. The lowest BCUT2D eigenvalue weighted by atomic mass is 9.53. The van der Waals surface area contributed by atoms with Crippen LogP contribution in [0.25, 0.3) is 0 Å². The van der Waals surface area contributed by atoms with Gasteiger partial charge in [-0.3, -0.25) is 0 Å². The van der Waals surface area contributed by atoms with Crippen LogP contribution in [-0.2, 0) is 23.8 Å². The molecule has 2 N–H and O–H groups in total. The summed E-state index contributed by atoms with van der Waals surface area (Å²) < 4.78 is 16.6. The monoisotopic (exact) mass is 378 g/mol. The van der Waals surface area contributed by atoms with Crippen molar-refractivity contribution >= 4 is 11.9 Å². The first-order valence-electron chi connectivity index (χ1n) is 9.35. The predicted molar refractivity (Wildman–Crippen MR) is 93.3 cm³/mol. The standard InChI is InChI=1S/C20H26O7/c1-8-6-7-11(21)19(4)13(8)14-12(9(2)17(23)25-14)15(16(19)22)26-18(24)20(5)10(3)27-20/h6,10-16,21-22H,2,7H2,1,3-5H3. The van der Waals surface area contributed by atoms with Crippen LogP contribution in [0.4, 0.5) is 0 Å². The van der Waals surface area contributed by atoms with Gasteiger partial charge in [0.15, 0.2) is 5.60 Å². The van der Waals surface area contributed by atoms with Gasteiger partial charge in [0, 0.05) is 16.9 Å². The Bertz CT molecular complexity index is 757. The van der Waals surface area contributed by atoms with Crippen LogP contribution in [0.15, 0.2) is 23.8 Å². The molecule has 0 aromatic carbocycles. The van der Waals surface area contributed by atoms with Crippen LogP contribution in [0.2, 0.25) is 0 Å². The summed E-state index contributed by atoms with van der Waals surface area (Å²) in [6.45, 7) is 10.9. The van der Waals surface area contributed by atoms with Gasteiger partial charge in [-0.1, -0.05) is 25.2 Å². The van der Waals surface area contributed by atoms with Gasteiger partial charge in [0.25, 0.3) is 0 Å². The first-order valence-corrected chi connectivity index (χ1v) is 9.35. The lowest BCUT2D eigenvalue weighted by Crippen LogP contribution is -2.66. The van der Waals surface area contributed by atoms with Crippen LogP contribution >= 0.6 is 0 Å². The number of aliphatic hydroxyl groups excluding tert-OH is 2.